The first-order valence-electron chi connectivity index (χ1n) is 10.1. The average molecular weight is 458 g/mol. The maximum atomic E-state index is 13.4. The number of hydrogen-bond donors (Lipinski definition) is 1. The van der Waals surface area contributed by atoms with Crippen LogP contribution in [0.1, 0.15) is 38.0 Å². The lowest BCUT2D eigenvalue weighted by atomic mass is 10.1. The zero-order chi connectivity index (χ0) is 23.8. The summed E-state index contributed by atoms with van der Waals surface area (Å²) in [6.07, 6.45) is 0.283. The Kier molecular flexibility index (Phi) is 5.94. The minimum atomic E-state index is -4.48. The summed E-state index contributed by atoms with van der Waals surface area (Å²) < 4.78 is 45.8. The van der Waals surface area contributed by atoms with E-state index in [2.05, 4.69) is 10.3 Å². The highest BCUT2D eigenvalue weighted by molar-refractivity contribution is 6.16. The number of carbonyl (C=O) groups is 2. The van der Waals surface area contributed by atoms with E-state index in [4.69, 9.17) is 4.74 Å². The summed E-state index contributed by atoms with van der Waals surface area (Å²) in [5, 5.41) is 2.77. The van der Waals surface area contributed by atoms with Crippen molar-refractivity contribution in [2.75, 3.05) is 30.5 Å². The van der Waals surface area contributed by atoms with Crippen molar-refractivity contribution in [1.29, 1.82) is 0 Å². The molecule has 2 amide bonds. The Morgan fingerprint density at radius 2 is 1.94 bits per heavy atom. The number of halogens is 3. The first-order chi connectivity index (χ1) is 15.7. The molecule has 4 rings (SSSR count). The summed E-state index contributed by atoms with van der Waals surface area (Å²) in [7, 11) is 1.51. The number of nitrogens with one attached hydrogen (secondary N) is 1. The monoisotopic (exact) mass is 458 g/mol. The van der Waals surface area contributed by atoms with Gasteiger partial charge in [0, 0.05) is 31.7 Å². The molecule has 0 fully saturated rings. The molecular formula is C23H21F3N4O3. The lowest BCUT2D eigenvalue weighted by molar-refractivity contribution is -0.137. The summed E-state index contributed by atoms with van der Waals surface area (Å²) in [6, 6.07) is 7.33. The predicted molar refractivity (Wildman–Crippen MR) is 115 cm³/mol. The van der Waals surface area contributed by atoms with E-state index in [-0.39, 0.29) is 30.5 Å². The van der Waals surface area contributed by atoms with E-state index >= 15 is 0 Å². The number of aromatic nitrogens is 2. The van der Waals surface area contributed by atoms with Crippen LogP contribution in [-0.4, -0.2) is 41.6 Å². The second-order valence-electron chi connectivity index (χ2n) is 7.70. The van der Waals surface area contributed by atoms with Gasteiger partial charge < -0.3 is 19.5 Å². The molecule has 10 heteroatoms. The summed E-state index contributed by atoms with van der Waals surface area (Å²) in [6.45, 7) is 2.25. The normalized spacial score (nSPS) is 16.0. The van der Waals surface area contributed by atoms with Crippen LogP contribution < -0.4 is 10.2 Å². The summed E-state index contributed by atoms with van der Waals surface area (Å²) >= 11 is 0. The molecule has 0 saturated carbocycles. The van der Waals surface area contributed by atoms with Crippen molar-refractivity contribution in [2.45, 2.75) is 19.1 Å². The van der Waals surface area contributed by atoms with Crippen LogP contribution in [0.2, 0.25) is 0 Å². The summed E-state index contributed by atoms with van der Waals surface area (Å²) in [5.74, 6) is -0.973. The van der Waals surface area contributed by atoms with E-state index in [1.54, 1.807) is 29.1 Å². The predicted octanol–water partition coefficient (Wildman–Crippen LogP) is 4.31. The number of fused-ring (bicyclic) bond motifs is 1. The van der Waals surface area contributed by atoms with Crippen LogP contribution >= 0.6 is 0 Å². The molecule has 1 N–H and O–H groups in total. The van der Waals surface area contributed by atoms with Crippen LogP contribution in [0.15, 0.2) is 55.0 Å². The van der Waals surface area contributed by atoms with Gasteiger partial charge in [-0.25, -0.2) is 0 Å². The molecule has 3 heterocycles. The second-order valence-corrected chi connectivity index (χ2v) is 7.70. The number of aryl methyl sites for hydroxylation is 1. The number of amides is 2. The van der Waals surface area contributed by atoms with Crippen LogP contribution in [0, 0.1) is 6.92 Å². The molecule has 0 radical (unpaired) electrons. The molecule has 1 unspecified atom stereocenters. The fourth-order valence-electron chi connectivity index (χ4n) is 3.83. The molecule has 3 aromatic rings. The summed E-state index contributed by atoms with van der Waals surface area (Å²) in [5.41, 5.74) is 1.11. The Bertz CT molecular complexity index is 1190. The number of rotatable bonds is 5. The highest BCUT2D eigenvalue weighted by Crippen LogP contribution is 2.33. The lowest BCUT2D eigenvalue weighted by Crippen LogP contribution is -2.45. The third-order valence-electron chi connectivity index (χ3n) is 5.55. The van der Waals surface area contributed by atoms with E-state index in [0.717, 1.165) is 17.7 Å². The molecule has 7 nitrogen and oxygen atoms in total. The topological polar surface area (TPSA) is 76.5 Å². The van der Waals surface area contributed by atoms with Crippen LogP contribution in [0.5, 0.6) is 0 Å². The first kappa shape index (κ1) is 22.5. The minimum Gasteiger partial charge on any atom is -0.382 e. The van der Waals surface area contributed by atoms with Gasteiger partial charge in [-0.15, -0.1) is 0 Å². The van der Waals surface area contributed by atoms with Gasteiger partial charge >= 0.3 is 6.18 Å². The van der Waals surface area contributed by atoms with Crippen molar-refractivity contribution in [2.24, 2.45) is 0 Å². The van der Waals surface area contributed by atoms with E-state index < -0.39 is 23.6 Å². The van der Waals surface area contributed by atoms with Crippen molar-refractivity contribution in [1.82, 2.24) is 9.55 Å². The molecule has 1 aliphatic rings. The smallest absolute Gasteiger partial charge is 0.382 e. The number of carbonyl (C=O) groups excluding carboxylic acids is 2. The molecule has 0 saturated heterocycles. The zero-order valence-electron chi connectivity index (χ0n) is 17.9. The standard InChI is InChI=1S/C23H21F3N4O3/c1-14-7-9-27-11-19(14)28-21(31)18-8-10-29-17(13-33-2)12-30(22(32)20(18)29)16-5-3-15(4-6-16)23(24,25)26/h3-11,17H,12-13H2,1-2H3,(H,28,31). The summed E-state index contributed by atoms with van der Waals surface area (Å²) in [4.78, 5) is 31.8. The fourth-order valence-corrected chi connectivity index (χ4v) is 3.83. The maximum absolute atomic E-state index is 13.4. The van der Waals surface area contributed by atoms with Gasteiger partial charge in [-0.05, 0) is 48.9 Å². The third kappa shape index (κ3) is 4.34. The molecule has 0 spiro atoms. The van der Waals surface area contributed by atoms with E-state index in [0.29, 0.717) is 11.4 Å². The Morgan fingerprint density at radius 1 is 1.21 bits per heavy atom. The number of anilines is 2. The zero-order valence-corrected chi connectivity index (χ0v) is 17.9. The van der Waals surface area contributed by atoms with Gasteiger partial charge in [0.15, 0.2) is 0 Å². The lowest BCUT2D eigenvalue weighted by Gasteiger charge is -2.35. The highest BCUT2D eigenvalue weighted by atomic mass is 19.4. The fraction of sp³-hybridized carbons (Fsp3) is 0.261. The van der Waals surface area contributed by atoms with Crippen molar-refractivity contribution >= 4 is 23.2 Å². The van der Waals surface area contributed by atoms with E-state index in [1.807, 2.05) is 6.92 Å². The number of methoxy groups -OCH3 is 1. The molecule has 33 heavy (non-hydrogen) atoms. The SMILES string of the molecule is COCC1CN(c2ccc(C(F)(F)F)cc2)C(=O)c2c(C(=O)Nc3cnccc3C)ccn21. The number of nitrogens with zero attached hydrogens (tertiary/aromatic N) is 3. The Hall–Kier alpha value is -3.66. The maximum Gasteiger partial charge on any atom is 0.416 e. The number of ether oxygens (including phenoxy) is 1. The minimum absolute atomic E-state index is 0.141. The Labute approximate surface area is 187 Å². The van der Waals surface area contributed by atoms with Gasteiger partial charge in [0.2, 0.25) is 0 Å². The number of pyridine rings is 1. The molecule has 2 aromatic heterocycles. The van der Waals surface area contributed by atoms with Gasteiger partial charge in [-0.1, -0.05) is 0 Å². The first-order valence-corrected chi connectivity index (χ1v) is 10.1. The van der Waals surface area contributed by atoms with E-state index in [1.165, 1.54) is 30.3 Å². The quantitative estimate of drug-likeness (QED) is 0.618. The van der Waals surface area contributed by atoms with E-state index in [9.17, 15) is 22.8 Å². The largest absolute Gasteiger partial charge is 0.416 e. The van der Waals surface area contributed by atoms with Crippen LogP contribution in [0.4, 0.5) is 24.5 Å². The van der Waals surface area contributed by atoms with Crippen LogP contribution in [0.25, 0.3) is 0 Å². The van der Waals surface area contributed by atoms with Gasteiger partial charge in [0.25, 0.3) is 11.8 Å². The van der Waals surface area contributed by atoms with Crippen LogP contribution in [-0.2, 0) is 10.9 Å². The molecule has 172 valence electrons. The molecule has 1 aromatic carbocycles. The average Bonchev–Trinajstić information content (AvgIpc) is 3.23. The van der Waals surface area contributed by atoms with Crippen LogP contribution in [0.3, 0.4) is 0 Å². The Morgan fingerprint density at radius 3 is 2.58 bits per heavy atom. The number of benzene rings is 1. The molecule has 1 atom stereocenters. The van der Waals surface area contributed by atoms with Gasteiger partial charge in [0.05, 0.1) is 35.7 Å². The molecule has 0 bridgehead atoms. The highest BCUT2D eigenvalue weighted by Gasteiger charge is 2.36. The second kappa shape index (κ2) is 8.70. The van der Waals surface area contributed by atoms with Gasteiger partial charge in [0.1, 0.15) is 5.69 Å². The van der Waals surface area contributed by atoms with Gasteiger partial charge in [-0.2, -0.15) is 13.2 Å². The molecule has 1 aliphatic heterocycles. The van der Waals surface area contributed by atoms with Crippen molar-refractivity contribution in [3.63, 3.8) is 0 Å². The van der Waals surface area contributed by atoms with Gasteiger partial charge in [-0.3, -0.25) is 14.6 Å². The van der Waals surface area contributed by atoms with Crippen molar-refractivity contribution < 1.29 is 27.5 Å². The molecular weight excluding hydrogens is 437 g/mol. The van der Waals surface area contributed by atoms with Crippen molar-refractivity contribution in [3.8, 4) is 0 Å². The number of hydrogen-bond acceptors (Lipinski definition) is 4. The Balaban J connectivity index is 1.69. The number of alkyl halides is 3. The van der Waals surface area contributed by atoms with Crippen molar-refractivity contribution in [3.05, 3.63) is 77.4 Å². The third-order valence-corrected chi connectivity index (χ3v) is 5.55. The molecule has 0 aliphatic carbocycles.